The first-order valence-electron chi connectivity index (χ1n) is 3.39. The van der Waals surface area contributed by atoms with Crippen molar-refractivity contribution < 1.29 is 10.2 Å². The van der Waals surface area contributed by atoms with Crippen molar-refractivity contribution in [1.29, 1.82) is 0 Å². The van der Waals surface area contributed by atoms with Gasteiger partial charge in [-0.3, -0.25) is 0 Å². The molecule has 0 heterocycles. The molecule has 0 atom stereocenters. The summed E-state index contributed by atoms with van der Waals surface area (Å²) in [5, 5.41) is 17.1. The highest BCUT2D eigenvalue weighted by molar-refractivity contribution is 4.84. The van der Waals surface area contributed by atoms with Crippen molar-refractivity contribution in [2.24, 2.45) is 11.5 Å². The SMILES string of the molecule is NCC(N)(CCO)CCO. The van der Waals surface area contributed by atoms with Gasteiger partial charge in [0, 0.05) is 25.3 Å². The van der Waals surface area contributed by atoms with Crippen molar-refractivity contribution in [3.63, 3.8) is 0 Å². The van der Waals surface area contributed by atoms with E-state index in [9.17, 15) is 0 Å². The topological polar surface area (TPSA) is 92.5 Å². The van der Waals surface area contributed by atoms with E-state index in [1.807, 2.05) is 0 Å². The van der Waals surface area contributed by atoms with Gasteiger partial charge >= 0.3 is 0 Å². The lowest BCUT2D eigenvalue weighted by Crippen LogP contribution is -2.48. The second kappa shape index (κ2) is 4.62. The minimum atomic E-state index is -0.580. The van der Waals surface area contributed by atoms with Gasteiger partial charge in [-0.15, -0.1) is 0 Å². The van der Waals surface area contributed by atoms with Crippen molar-refractivity contribution in [1.82, 2.24) is 0 Å². The predicted octanol–water partition coefficient (Wildman–Crippen LogP) is -1.59. The molecule has 6 N–H and O–H groups in total. The maximum Gasteiger partial charge on any atom is 0.0449 e. The van der Waals surface area contributed by atoms with Crippen molar-refractivity contribution in [3.05, 3.63) is 0 Å². The Kier molecular flexibility index (Phi) is 4.55. The normalized spacial score (nSPS) is 12.0. The molecule has 10 heavy (non-hydrogen) atoms. The van der Waals surface area contributed by atoms with Crippen LogP contribution in [0.5, 0.6) is 0 Å². The Morgan fingerprint density at radius 2 is 1.50 bits per heavy atom. The van der Waals surface area contributed by atoms with Crippen LogP contribution in [0.1, 0.15) is 12.8 Å². The van der Waals surface area contributed by atoms with Gasteiger partial charge in [-0.05, 0) is 12.8 Å². The molecule has 0 radical (unpaired) electrons. The van der Waals surface area contributed by atoms with Gasteiger partial charge in [-0.1, -0.05) is 0 Å². The third-order valence-corrected chi connectivity index (χ3v) is 1.63. The van der Waals surface area contributed by atoms with E-state index in [0.717, 1.165) is 0 Å². The summed E-state index contributed by atoms with van der Waals surface area (Å²) < 4.78 is 0. The fourth-order valence-electron chi connectivity index (χ4n) is 0.774. The minimum absolute atomic E-state index is 0.0215. The van der Waals surface area contributed by atoms with Crippen LogP contribution in [0.15, 0.2) is 0 Å². The average molecular weight is 148 g/mol. The van der Waals surface area contributed by atoms with Crippen LogP contribution in [0, 0.1) is 0 Å². The monoisotopic (exact) mass is 148 g/mol. The zero-order valence-corrected chi connectivity index (χ0v) is 6.08. The largest absolute Gasteiger partial charge is 0.396 e. The molecule has 0 saturated heterocycles. The number of hydrogen-bond donors (Lipinski definition) is 4. The summed E-state index contributed by atoms with van der Waals surface area (Å²) in [6, 6.07) is 0. The lowest BCUT2D eigenvalue weighted by Gasteiger charge is -2.25. The molecule has 0 aliphatic rings. The highest BCUT2D eigenvalue weighted by Crippen LogP contribution is 2.08. The summed E-state index contributed by atoms with van der Waals surface area (Å²) in [4.78, 5) is 0. The first-order valence-corrected chi connectivity index (χ1v) is 3.39. The van der Waals surface area contributed by atoms with Crippen molar-refractivity contribution >= 4 is 0 Å². The van der Waals surface area contributed by atoms with E-state index < -0.39 is 5.54 Å². The summed E-state index contributed by atoms with van der Waals surface area (Å²) >= 11 is 0. The Balaban J connectivity index is 3.69. The molecule has 0 rings (SSSR count). The van der Waals surface area contributed by atoms with Crippen LogP contribution in [0.2, 0.25) is 0 Å². The Morgan fingerprint density at radius 3 is 1.70 bits per heavy atom. The number of nitrogens with two attached hydrogens (primary N) is 2. The van der Waals surface area contributed by atoms with Crippen LogP contribution in [-0.4, -0.2) is 35.5 Å². The standard InChI is InChI=1S/C6H16N2O2/c7-5-6(8,1-3-9)2-4-10/h9-10H,1-5,7-8H2. The molecule has 0 bridgehead atoms. The van der Waals surface area contributed by atoms with E-state index in [4.69, 9.17) is 21.7 Å². The van der Waals surface area contributed by atoms with Crippen molar-refractivity contribution in [2.45, 2.75) is 18.4 Å². The molecule has 4 nitrogen and oxygen atoms in total. The van der Waals surface area contributed by atoms with Crippen molar-refractivity contribution in [2.75, 3.05) is 19.8 Å². The van der Waals surface area contributed by atoms with E-state index in [2.05, 4.69) is 0 Å². The van der Waals surface area contributed by atoms with Gasteiger partial charge in [-0.2, -0.15) is 0 Å². The fraction of sp³-hybridized carbons (Fsp3) is 1.00. The molecule has 62 valence electrons. The van der Waals surface area contributed by atoms with Gasteiger partial charge in [0.05, 0.1) is 0 Å². The molecule has 4 heteroatoms. The summed E-state index contributed by atoms with van der Waals surface area (Å²) in [7, 11) is 0. The molecule has 0 aliphatic heterocycles. The second-order valence-electron chi connectivity index (χ2n) is 2.51. The first-order chi connectivity index (χ1) is 4.68. The van der Waals surface area contributed by atoms with Gasteiger partial charge in [0.25, 0.3) is 0 Å². The van der Waals surface area contributed by atoms with Crippen molar-refractivity contribution in [3.8, 4) is 0 Å². The van der Waals surface area contributed by atoms with E-state index >= 15 is 0 Å². The number of hydrogen-bond acceptors (Lipinski definition) is 4. The number of aliphatic hydroxyl groups excluding tert-OH is 2. The highest BCUT2D eigenvalue weighted by Gasteiger charge is 2.20. The van der Waals surface area contributed by atoms with Gasteiger partial charge in [0.2, 0.25) is 0 Å². The Morgan fingerprint density at radius 1 is 1.10 bits per heavy atom. The zero-order valence-electron chi connectivity index (χ0n) is 6.08. The lowest BCUT2D eigenvalue weighted by atomic mass is 9.93. The van der Waals surface area contributed by atoms with Gasteiger partial charge in [0.15, 0.2) is 0 Å². The predicted molar refractivity (Wildman–Crippen MR) is 39.4 cm³/mol. The molecular formula is C6H16N2O2. The summed E-state index contributed by atoms with van der Waals surface area (Å²) in [5.74, 6) is 0. The van der Waals surface area contributed by atoms with E-state index in [1.165, 1.54) is 0 Å². The fourth-order valence-corrected chi connectivity index (χ4v) is 0.774. The van der Waals surface area contributed by atoms with Crippen LogP contribution in [0.25, 0.3) is 0 Å². The highest BCUT2D eigenvalue weighted by atomic mass is 16.3. The lowest BCUT2D eigenvalue weighted by molar-refractivity contribution is 0.196. The summed E-state index contributed by atoms with van der Waals surface area (Å²) in [6.45, 7) is 0.343. The average Bonchev–Trinajstić information content (AvgIpc) is 1.89. The quantitative estimate of drug-likeness (QED) is 0.378. The molecule has 0 unspecified atom stereocenters. The molecule has 0 aromatic rings. The summed E-state index contributed by atoms with van der Waals surface area (Å²) in [5.41, 5.74) is 10.4. The van der Waals surface area contributed by atoms with E-state index in [1.54, 1.807) is 0 Å². The Hall–Kier alpha value is -0.160. The molecule has 0 fully saturated rings. The van der Waals surface area contributed by atoms with Gasteiger partial charge in [-0.25, -0.2) is 0 Å². The number of rotatable bonds is 5. The third kappa shape index (κ3) is 3.12. The van der Waals surface area contributed by atoms with Gasteiger partial charge in [0.1, 0.15) is 0 Å². The molecule has 0 aliphatic carbocycles. The Labute approximate surface area is 60.8 Å². The third-order valence-electron chi connectivity index (χ3n) is 1.63. The molecule has 0 aromatic heterocycles. The summed E-state index contributed by atoms with van der Waals surface area (Å²) in [6.07, 6.45) is 0.897. The molecule has 0 saturated carbocycles. The zero-order chi connectivity index (χ0) is 8.04. The van der Waals surface area contributed by atoms with Crippen LogP contribution in [0.3, 0.4) is 0 Å². The Bertz CT molecular complexity index is 81.8. The molecule has 0 amide bonds. The van der Waals surface area contributed by atoms with Crippen LogP contribution in [-0.2, 0) is 0 Å². The smallest absolute Gasteiger partial charge is 0.0449 e. The second-order valence-corrected chi connectivity index (χ2v) is 2.51. The minimum Gasteiger partial charge on any atom is -0.396 e. The molecular weight excluding hydrogens is 132 g/mol. The van der Waals surface area contributed by atoms with Gasteiger partial charge < -0.3 is 21.7 Å². The van der Waals surface area contributed by atoms with Crippen LogP contribution >= 0.6 is 0 Å². The van der Waals surface area contributed by atoms with E-state index in [-0.39, 0.29) is 13.2 Å². The molecule has 0 spiro atoms. The molecule has 0 aromatic carbocycles. The van der Waals surface area contributed by atoms with Crippen LogP contribution < -0.4 is 11.5 Å². The first kappa shape index (κ1) is 9.84. The maximum absolute atomic E-state index is 8.54. The van der Waals surface area contributed by atoms with Crippen LogP contribution in [0.4, 0.5) is 0 Å². The number of aliphatic hydroxyl groups is 2. The maximum atomic E-state index is 8.54. The van der Waals surface area contributed by atoms with E-state index in [0.29, 0.717) is 19.4 Å².